The van der Waals surface area contributed by atoms with Gasteiger partial charge in [-0.15, -0.1) is 0 Å². The number of nitrogens with zero attached hydrogens (tertiary/aromatic N) is 5. The molecule has 0 saturated heterocycles. The summed E-state index contributed by atoms with van der Waals surface area (Å²) in [5.74, 6) is -1.57. The van der Waals surface area contributed by atoms with Crippen LogP contribution in [-0.2, 0) is 25.8 Å². The number of rotatable bonds is 9. The molecule has 0 aliphatic carbocycles. The lowest BCUT2D eigenvalue weighted by atomic mass is 10.0. The van der Waals surface area contributed by atoms with E-state index in [4.69, 9.17) is 4.74 Å². The summed E-state index contributed by atoms with van der Waals surface area (Å²) in [5.41, 5.74) is -0.113. The maximum Gasteiger partial charge on any atom is 0.417 e. The van der Waals surface area contributed by atoms with Crippen LogP contribution in [0, 0.1) is 0 Å². The molecule has 1 aliphatic heterocycles. The molecule has 1 aliphatic rings. The van der Waals surface area contributed by atoms with Crippen LogP contribution in [0.2, 0.25) is 0 Å². The lowest BCUT2D eigenvalue weighted by Crippen LogP contribution is -2.47. The number of carbonyl (C=O) groups is 2. The molecule has 0 radical (unpaired) electrons. The number of alkyl halides is 6. The van der Waals surface area contributed by atoms with Gasteiger partial charge in [0.25, 0.3) is 11.8 Å². The van der Waals surface area contributed by atoms with Crippen LogP contribution >= 0.6 is 15.9 Å². The molecule has 11 nitrogen and oxygen atoms in total. The van der Waals surface area contributed by atoms with Gasteiger partial charge in [-0.05, 0) is 67.1 Å². The average Bonchev–Trinajstić information content (AvgIpc) is 3.42. The number of amides is 2. The Balaban J connectivity index is 1.37. The van der Waals surface area contributed by atoms with Crippen LogP contribution in [0.4, 0.5) is 26.3 Å². The van der Waals surface area contributed by atoms with Crippen LogP contribution in [0.1, 0.15) is 44.6 Å². The first kappa shape index (κ1) is 38.2. The van der Waals surface area contributed by atoms with E-state index in [0.717, 1.165) is 16.7 Å². The second kappa shape index (κ2) is 15.1. The molecular formula is C36H29BrF6N6O5. The highest BCUT2D eigenvalue weighted by Crippen LogP contribution is 2.36. The summed E-state index contributed by atoms with van der Waals surface area (Å²) in [6.45, 7) is 0.0181. The third-order valence-electron chi connectivity index (χ3n) is 8.72. The molecular weight excluding hydrogens is 790 g/mol. The van der Waals surface area contributed by atoms with Crippen molar-refractivity contribution < 1.29 is 45.8 Å². The fourth-order valence-electron chi connectivity index (χ4n) is 5.99. The number of carbonyl (C=O) groups excluding carboxylic acids is 2. The number of aliphatic hydroxyl groups excluding tert-OH is 1. The monoisotopic (exact) mass is 818 g/mol. The molecule has 6 rings (SSSR count). The minimum absolute atomic E-state index is 0.0448. The molecule has 18 heteroatoms. The zero-order chi connectivity index (χ0) is 38.9. The molecule has 0 bridgehead atoms. The van der Waals surface area contributed by atoms with Crippen molar-refractivity contribution in [2.24, 2.45) is 0 Å². The van der Waals surface area contributed by atoms with Gasteiger partial charge in [0.05, 0.1) is 29.2 Å². The van der Waals surface area contributed by atoms with Gasteiger partial charge in [0.15, 0.2) is 6.10 Å². The van der Waals surface area contributed by atoms with Crippen molar-refractivity contribution in [3.05, 3.63) is 128 Å². The van der Waals surface area contributed by atoms with E-state index in [1.165, 1.54) is 46.0 Å². The fourth-order valence-corrected chi connectivity index (χ4v) is 6.46. The van der Waals surface area contributed by atoms with Gasteiger partial charge in [-0.1, -0.05) is 40.2 Å². The normalized spacial score (nSPS) is 15.1. The van der Waals surface area contributed by atoms with E-state index in [1.54, 1.807) is 43.3 Å². The predicted molar refractivity (Wildman–Crippen MR) is 185 cm³/mol. The van der Waals surface area contributed by atoms with E-state index < -0.39 is 54.2 Å². The Morgan fingerprint density at radius 2 is 1.74 bits per heavy atom. The Kier molecular flexibility index (Phi) is 10.7. The number of benzene rings is 3. The SMILES string of the molecule is C[C@@H]1Cn2c(c(C(=O)NCc3ccccc3-c3cccnn3)n(-c3ccc(OC[C@@H](O)C(F)(F)F)cc3)c2=O)CN1C(=O)c1ccc(Br)c(C(F)(F)F)c1. The molecule has 2 atom stereocenters. The van der Waals surface area contributed by atoms with Crippen molar-refractivity contribution in [3.8, 4) is 22.7 Å². The van der Waals surface area contributed by atoms with Gasteiger partial charge in [0, 0.05) is 40.9 Å². The number of imidazole rings is 1. The molecule has 0 saturated carbocycles. The standard InChI is InChI=1S/C36H29BrF6N6O5/c1-20-17-48-29(18-47(20)33(52)21-8-13-27(37)26(15-21)35(38,39)40)31(32(51)44-16-22-5-2-3-6-25(22)28-7-4-14-45-46-28)49(34(48)53)23-9-11-24(12-10-23)54-19-30(50)36(41,42)43/h2-15,20,30,50H,16-19H2,1H3,(H,44,51)/t20-,30-/m1/s1. The Morgan fingerprint density at radius 1 is 1.02 bits per heavy atom. The van der Waals surface area contributed by atoms with Gasteiger partial charge in [0.1, 0.15) is 18.1 Å². The number of aromatic nitrogens is 4. The first-order valence-electron chi connectivity index (χ1n) is 16.2. The lowest BCUT2D eigenvalue weighted by molar-refractivity contribution is -0.210. The molecule has 3 aromatic carbocycles. The largest absolute Gasteiger partial charge is 0.491 e. The van der Waals surface area contributed by atoms with Gasteiger partial charge < -0.3 is 20.1 Å². The van der Waals surface area contributed by atoms with E-state index in [2.05, 4.69) is 31.4 Å². The summed E-state index contributed by atoms with van der Waals surface area (Å²) < 4.78 is 86.7. The van der Waals surface area contributed by atoms with E-state index in [0.29, 0.717) is 16.8 Å². The molecule has 0 fully saturated rings. The molecule has 0 spiro atoms. The summed E-state index contributed by atoms with van der Waals surface area (Å²) in [6, 6.07) is 18.1. The molecule has 2 amide bonds. The van der Waals surface area contributed by atoms with Crippen LogP contribution < -0.4 is 15.7 Å². The predicted octanol–water partition coefficient (Wildman–Crippen LogP) is 6.15. The lowest BCUT2D eigenvalue weighted by Gasteiger charge is -2.34. The summed E-state index contributed by atoms with van der Waals surface area (Å²) in [7, 11) is 0. The van der Waals surface area contributed by atoms with Crippen LogP contribution in [0.15, 0.2) is 94.3 Å². The maximum absolute atomic E-state index is 14.2. The zero-order valence-electron chi connectivity index (χ0n) is 28.0. The minimum Gasteiger partial charge on any atom is -0.491 e. The van der Waals surface area contributed by atoms with Gasteiger partial charge in [0.2, 0.25) is 0 Å². The zero-order valence-corrected chi connectivity index (χ0v) is 29.6. The summed E-state index contributed by atoms with van der Waals surface area (Å²) in [6.07, 6.45) is -10.9. The minimum atomic E-state index is -4.90. The van der Waals surface area contributed by atoms with Gasteiger partial charge in [-0.3, -0.25) is 18.7 Å². The van der Waals surface area contributed by atoms with E-state index >= 15 is 0 Å². The average molecular weight is 820 g/mol. The second-order valence-corrected chi connectivity index (χ2v) is 13.2. The first-order chi connectivity index (χ1) is 25.5. The number of nitrogens with one attached hydrogen (secondary N) is 1. The van der Waals surface area contributed by atoms with Crippen LogP contribution in [0.5, 0.6) is 5.75 Å². The Morgan fingerprint density at radius 3 is 2.41 bits per heavy atom. The number of hydrogen-bond acceptors (Lipinski definition) is 7. The highest BCUT2D eigenvalue weighted by molar-refractivity contribution is 9.10. The second-order valence-electron chi connectivity index (χ2n) is 12.3. The van der Waals surface area contributed by atoms with Crippen molar-refractivity contribution in [2.75, 3.05) is 6.61 Å². The van der Waals surface area contributed by atoms with E-state index in [1.807, 2.05) is 0 Å². The highest BCUT2D eigenvalue weighted by Gasteiger charge is 2.39. The number of fused-ring (bicyclic) bond motifs is 1. The van der Waals surface area contributed by atoms with Gasteiger partial charge in [-0.2, -0.15) is 36.5 Å². The molecule has 2 aromatic heterocycles. The number of halogens is 7. The maximum atomic E-state index is 14.2. The number of aliphatic hydroxyl groups is 1. The molecule has 2 N–H and O–H groups in total. The summed E-state index contributed by atoms with van der Waals surface area (Å²) >= 11 is 2.88. The summed E-state index contributed by atoms with van der Waals surface area (Å²) in [4.78, 5) is 43.3. The van der Waals surface area contributed by atoms with E-state index in [-0.39, 0.29) is 52.5 Å². The molecule has 0 unspecified atom stereocenters. The van der Waals surface area contributed by atoms with Crippen molar-refractivity contribution in [3.63, 3.8) is 0 Å². The Bertz CT molecular complexity index is 2240. The van der Waals surface area contributed by atoms with Crippen molar-refractivity contribution in [2.45, 2.75) is 51.1 Å². The van der Waals surface area contributed by atoms with E-state index in [9.17, 15) is 45.8 Å². The first-order valence-corrected chi connectivity index (χ1v) is 17.0. The third kappa shape index (κ3) is 7.89. The number of hydrogen-bond donors (Lipinski definition) is 2. The van der Waals surface area contributed by atoms with Crippen LogP contribution in [-0.4, -0.2) is 66.1 Å². The van der Waals surface area contributed by atoms with Crippen molar-refractivity contribution >= 4 is 27.7 Å². The topological polar surface area (TPSA) is 132 Å². The van der Waals surface area contributed by atoms with Crippen LogP contribution in [0.25, 0.3) is 16.9 Å². The number of ether oxygens (including phenoxy) is 1. The summed E-state index contributed by atoms with van der Waals surface area (Å²) in [5, 5.41) is 20.2. The van der Waals surface area contributed by atoms with Crippen LogP contribution in [0.3, 0.4) is 0 Å². The molecule has 3 heterocycles. The van der Waals surface area contributed by atoms with Gasteiger partial charge >= 0.3 is 18.0 Å². The Labute approximate surface area is 310 Å². The molecule has 5 aromatic rings. The fraction of sp³-hybridized carbons (Fsp3) is 0.250. The Hall–Kier alpha value is -5.49. The van der Waals surface area contributed by atoms with Crippen molar-refractivity contribution in [1.29, 1.82) is 0 Å². The smallest absolute Gasteiger partial charge is 0.417 e. The molecule has 54 heavy (non-hydrogen) atoms. The third-order valence-corrected chi connectivity index (χ3v) is 9.42. The highest BCUT2D eigenvalue weighted by atomic mass is 79.9. The van der Waals surface area contributed by atoms with Gasteiger partial charge in [-0.25, -0.2) is 4.79 Å². The quantitative estimate of drug-likeness (QED) is 0.171. The van der Waals surface area contributed by atoms with Crippen molar-refractivity contribution in [1.82, 2.24) is 29.5 Å². The molecule has 282 valence electrons.